The lowest BCUT2D eigenvalue weighted by atomic mass is 10.1. The molecule has 0 aliphatic carbocycles. The zero-order valence-corrected chi connectivity index (χ0v) is 9.19. The Bertz CT molecular complexity index is 451. The van der Waals surface area contributed by atoms with E-state index in [2.05, 4.69) is 22.4 Å². The van der Waals surface area contributed by atoms with Gasteiger partial charge in [-0.05, 0) is 23.9 Å². The monoisotopic (exact) mass is 216 g/mol. The molecular formula is C13H16N2O. The van der Waals surface area contributed by atoms with Crippen molar-refractivity contribution in [3.63, 3.8) is 0 Å². The highest BCUT2D eigenvalue weighted by atomic mass is 16.3. The molecule has 0 bridgehead atoms. The third-order valence-electron chi connectivity index (χ3n) is 2.58. The lowest BCUT2D eigenvalue weighted by molar-refractivity contribution is 0.286. The number of aromatic nitrogens is 1. The number of aliphatic hydroxyl groups excluding tert-OH is 1. The number of nitrogens with one attached hydrogen (secondary N) is 1. The zero-order valence-electron chi connectivity index (χ0n) is 9.19. The van der Waals surface area contributed by atoms with Gasteiger partial charge < -0.3 is 10.4 Å². The van der Waals surface area contributed by atoms with E-state index in [-0.39, 0.29) is 6.61 Å². The lowest BCUT2D eigenvalue weighted by Crippen LogP contribution is -2.16. The predicted molar refractivity (Wildman–Crippen MR) is 65.2 cm³/mol. The summed E-state index contributed by atoms with van der Waals surface area (Å²) in [5, 5.41) is 14.4. The summed E-state index contributed by atoms with van der Waals surface area (Å²) < 4.78 is 0. The van der Waals surface area contributed by atoms with Gasteiger partial charge in [0, 0.05) is 30.9 Å². The van der Waals surface area contributed by atoms with E-state index in [1.807, 2.05) is 24.5 Å². The Morgan fingerprint density at radius 1 is 1.19 bits per heavy atom. The maximum absolute atomic E-state index is 8.68. The Morgan fingerprint density at radius 3 is 2.94 bits per heavy atom. The second-order valence-corrected chi connectivity index (χ2v) is 3.77. The van der Waals surface area contributed by atoms with Crippen molar-refractivity contribution in [3.8, 4) is 0 Å². The maximum atomic E-state index is 8.68. The molecule has 16 heavy (non-hydrogen) atoms. The van der Waals surface area contributed by atoms with E-state index >= 15 is 0 Å². The Morgan fingerprint density at radius 2 is 2.06 bits per heavy atom. The van der Waals surface area contributed by atoms with Crippen LogP contribution in [0.3, 0.4) is 0 Å². The first kappa shape index (κ1) is 11.0. The second kappa shape index (κ2) is 5.58. The number of rotatable bonds is 5. The van der Waals surface area contributed by atoms with Crippen LogP contribution in [0.2, 0.25) is 0 Å². The van der Waals surface area contributed by atoms with Crippen molar-refractivity contribution in [1.29, 1.82) is 0 Å². The van der Waals surface area contributed by atoms with Gasteiger partial charge in [0.05, 0.1) is 0 Å². The van der Waals surface area contributed by atoms with Gasteiger partial charge in [0.2, 0.25) is 0 Å². The number of benzene rings is 1. The van der Waals surface area contributed by atoms with Gasteiger partial charge >= 0.3 is 0 Å². The molecule has 1 heterocycles. The molecule has 0 amide bonds. The standard InChI is InChI=1S/C13H16N2O/c16-7-3-6-14-9-12-10-15-8-11-4-1-2-5-13(11)12/h1-2,4-5,8,10,14,16H,3,6-7,9H2. The minimum absolute atomic E-state index is 0.237. The van der Waals surface area contributed by atoms with E-state index in [0.29, 0.717) is 0 Å². The minimum Gasteiger partial charge on any atom is -0.396 e. The summed E-state index contributed by atoms with van der Waals surface area (Å²) in [5.74, 6) is 0. The molecule has 0 saturated heterocycles. The van der Waals surface area contributed by atoms with Crippen molar-refractivity contribution in [3.05, 3.63) is 42.2 Å². The van der Waals surface area contributed by atoms with Gasteiger partial charge in [0.15, 0.2) is 0 Å². The summed E-state index contributed by atoms with van der Waals surface area (Å²) in [6.45, 7) is 1.87. The fourth-order valence-corrected chi connectivity index (χ4v) is 1.75. The topological polar surface area (TPSA) is 45.1 Å². The van der Waals surface area contributed by atoms with Gasteiger partial charge in [0.1, 0.15) is 0 Å². The fraction of sp³-hybridized carbons (Fsp3) is 0.308. The van der Waals surface area contributed by atoms with Crippen LogP contribution >= 0.6 is 0 Å². The molecule has 0 aliphatic heterocycles. The average molecular weight is 216 g/mol. The Labute approximate surface area is 95.1 Å². The summed E-state index contributed by atoms with van der Waals surface area (Å²) in [4.78, 5) is 4.22. The largest absolute Gasteiger partial charge is 0.396 e. The van der Waals surface area contributed by atoms with Crippen LogP contribution in [0.15, 0.2) is 36.7 Å². The van der Waals surface area contributed by atoms with Crippen molar-refractivity contribution in [2.75, 3.05) is 13.2 Å². The van der Waals surface area contributed by atoms with Crippen molar-refractivity contribution in [2.45, 2.75) is 13.0 Å². The molecule has 0 atom stereocenters. The molecule has 0 aliphatic rings. The van der Waals surface area contributed by atoms with E-state index in [4.69, 9.17) is 5.11 Å². The molecule has 3 heteroatoms. The van der Waals surface area contributed by atoms with E-state index in [1.165, 1.54) is 16.3 Å². The van der Waals surface area contributed by atoms with Crippen LogP contribution in [0.5, 0.6) is 0 Å². The highest BCUT2D eigenvalue weighted by Crippen LogP contribution is 2.16. The van der Waals surface area contributed by atoms with Crippen LogP contribution in [-0.2, 0) is 6.54 Å². The summed E-state index contributed by atoms with van der Waals surface area (Å²) >= 11 is 0. The zero-order chi connectivity index (χ0) is 11.2. The average Bonchev–Trinajstić information content (AvgIpc) is 2.35. The number of nitrogens with zero attached hydrogens (tertiary/aromatic N) is 1. The Hall–Kier alpha value is -1.45. The van der Waals surface area contributed by atoms with Crippen molar-refractivity contribution in [2.24, 2.45) is 0 Å². The molecule has 0 radical (unpaired) electrons. The molecule has 2 N–H and O–H groups in total. The predicted octanol–water partition coefficient (Wildman–Crippen LogP) is 1.71. The van der Waals surface area contributed by atoms with E-state index in [9.17, 15) is 0 Å². The normalized spacial score (nSPS) is 10.8. The molecule has 84 valence electrons. The fourth-order valence-electron chi connectivity index (χ4n) is 1.75. The summed E-state index contributed by atoms with van der Waals surface area (Å²) in [6.07, 6.45) is 4.57. The molecule has 3 nitrogen and oxygen atoms in total. The van der Waals surface area contributed by atoms with Crippen LogP contribution in [0.25, 0.3) is 10.8 Å². The van der Waals surface area contributed by atoms with Crippen molar-refractivity contribution in [1.82, 2.24) is 10.3 Å². The number of pyridine rings is 1. The third kappa shape index (κ3) is 2.56. The Kier molecular flexibility index (Phi) is 3.86. The first-order chi connectivity index (χ1) is 7.92. The van der Waals surface area contributed by atoms with Gasteiger partial charge in [-0.3, -0.25) is 4.98 Å². The van der Waals surface area contributed by atoms with E-state index < -0.39 is 0 Å². The van der Waals surface area contributed by atoms with E-state index in [1.54, 1.807) is 0 Å². The number of fused-ring (bicyclic) bond motifs is 1. The van der Waals surface area contributed by atoms with Gasteiger partial charge in [-0.25, -0.2) is 0 Å². The van der Waals surface area contributed by atoms with Crippen LogP contribution in [0, 0.1) is 0 Å². The summed E-state index contributed by atoms with van der Waals surface area (Å²) in [7, 11) is 0. The molecule has 1 aromatic carbocycles. The van der Waals surface area contributed by atoms with Gasteiger partial charge in [-0.2, -0.15) is 0 Å². The van der Waals surface area contributed by atoms with Gasteiger partial charge in [-0.15, -0.1) is 0 Å². The number of hydrogen-bond acceptors (Lipinski definition) is 3. The molecule has 0 spiro atoms. The van der Waals surface area contributed by atoms with Crippen molar-refractivity contribution < 1.29 is 5.11 Å². The molecular weight excluding hydrogens is 200 g/mol. The first-order valence-corrected chi connectivity index (χ1v) is 5.55. The molecule has 0 unspecified atom stereocenters. The molecule has 1 aromatic heterocycles. The third-order valence-corrected chi connectivity index (χ3v) is 2.58. The minimum atomic E-state index is 0.237. The highest BCUT2D eigenvalue weighted by Gasteiger charge is 1.99. The van der Waals surface area contributed by atoms with Gasteiger partial charge in [0.25, 0.3) is 0 Å². The molecule has 2 aromatic rings. The maximum Gasteiger partial charge on any atom is 0.0443 e. The van der Waals surface area contributed by atoms with Crippen LogP contribution in [-0.4, -0.2) is 23.2 Å². The number of hydrogen-bond donors (Lipinski definition) is 2. The second-order valence-electron chi connectivity index (χ2n) is 3.77. The Balaban J connectivity index is 2.11. The smallest absolute Gasteiger partial charge is 0.0443 e. The van der Waals surface area contributed by atoms with E-state index in [0.717, 1.165) is 19.5 Å². The quantitative estimate of drug-likeness (QED) is 0.748. The van der Waals surface area contributed by atoms with Crippen LogP contribution in [0.1, 0.15) is 12.0 Å². The SMILES string of the molecule is OCCCNCc1cncc2ccccc12. The molecule has 0 saturated carbocycles. The summed E-state index contributed by atoms with van der Waals surface area (Å²) in [5.41, 5.74) is 1.20. The summed E-state index contributed by atoms with van der Waals surface area (Å²) in [6, 6.07) is 8.24. The highest BCUT2D eigenvalue weighted by molar-refractivity contribution is 5.84. The molecule has 0 fully saturated rings. The lowest BCUT2D eigenvalue weighted by Gasteiger charge is -2.06. The van der Waals surface area contributed by atoms with Crippen molar-refractivity contribution >= 4 is 10.8 Å². The van der Waals surface area contributed by atoms with Gasteiger partial charge in [-0.1, -0.05) is 24.3 Å². The number of aliphatic hydroxyl groups is 1. The first-order valence-electron chi connectivity index (χ1n) is 5.55. The van der Waals surface area contributed by atoms with Crippen LogP contribution < -0.4 is 5.32 Å². The van der Waals surface area contributed by atoms with Crippen LogP contribution in [0.4, 0.5) is 0 Å². The molecule has 2 rings (SSSR count).